The Kier molecular flexibility index (Phi) is 4.87. The maximum atomic E-state index is 12.7. The average Bonchev–Trinajstić information content (AvgIpc) is 3.00. The van der Waals surface area contributed by atoms with Crippen LogP contribution in [-0.4, -0.2) is 41.9 Å². The lowest BCUT2D eigenvalue weighted by Gasteiger charge is -2.30. The van der Waals surface area contributed by atoms with Crippen molar-refractivity contribution in [3.63, 3.8) is 0 Å². The second-order valence-electron chi connectivity index (χ2n) is 6.22. The Morgan fingerprint density at radius 2 is 2.00 bits per heavy atom. The molecule has 1 saturated heterocycles. The minimum atomic E-state index is -3.53. The van der Waals surface area contributed by atoms with E-state index in [1.54, 1.807) is 6.92 Å². The van der Waals surface area contributed by atoms with E-state index in [2.05, 4.69) is 15.5 Å². The Balaban J connectivity index is 1.74. The van der Waals surface area contributed by atoms with Crippen LogP contribution in [-0.2, 0) is 10.0 Å². The Bertz CT molecular complexity index is 861. The highest BCUT2D eigenvalue weighted by atomic mass is 32.2. The van der Waals surface area contributed by atoms with Crippen molar-refractivity contribution in [2.24, 2.45) is 5.92 Å². The molecule has 1 aromatic heterocycles. The van der Waals surface area contributed by atoms with Gasteiger partial charge in [-0.2, -0.15) is 4.31 Å². The number of piperidine rings is 1. The topological polar surface area (TPSA) is 105 Å². The molecule has 1 fully saturated rings. The SMILES string of the molecule is Cc1nnc(NC(=O)c2ccc(S(=O)(=O)N3CCC[C@@H](C)C3)cc2)o1. The van der Waals surface area contributed by atoms with Gasteiger partial charge in [0.1, 0.15) is 0 Å². The molecule has 9 heteroatoms. The molecular weight excluding hydrogens is 344 g/mol. The number of rotatable bonds is 4. The molecule has 0 bridgehead atoms. The molecule has 0 radical (unpaired) electrons. The van der Waals surface area contributed by atoms with Crippen LogP contribution in [0.25, 0.3) is 0 Å². The number of carbonyl (C=O) groups is 1. The van der Waals surface area contributed by atoms with Crippen LogP contribution >= 0.6 is 0 Å². The van der Waals surface area contributed by atoms with Crippen molar-refractivity contribution >= 4 is 21.9 Å². The van der Waals surface area contributed by atoms with Crippen LogP contribution in [0.3, 0.4) is 0 Å². The predicted molar refractivity (Wildman–Crippen MR) is 90.6 cm³/mol. The summed E-state index contributed by atoms with van der Waals surface area (Å²) in [6.07, 6.45) is 1.91. The van der Waals surface area contributed by atoms with Gasteiger partial charge in [0.15, 0.2) is 0 Å². The minimum Gasteiger partial charge on any atom is -0.408 e. The second-order valence-corrected chi connectivity index (χ2v) is 8.15. The second kappa shape index (κ2) is 6.93. The zero-order chi connectivity index (χ0) is 18.0. The summed E-state index contributed by atoms with van der Waals surface area (Å²) < 4.78 is 32.0. The molecule has 0 aliphatic carbocycles. The molecule has 1 aromatic carbocycles. The first-order valence-electron chi connectivity index (χ1n) is 8.08. The van der Waals surface area contributed by atoms with E-state index in [0.29, 0.717) is 30.5 Å². The summed E-state index contributed by atoms with van der Waals surface area (Å²) in [5.74, 6) is 0.248. The lowest BCUT2D eigenvalue weighted by atomic mass is 10.0. The summed E-state index contributed by atoms with van der Waals surface area (Å²) in [7, 11) is -3.53. The van der Waals surface area contributed by atoms with Crippen molar-refractivity contribution in [1.29, 1.82) is 0 Å². The molecule has 0 unspecified atom stereocenters. The number of anilines is 1. The summed E-state index contributed by atoms with van der Waals surface area (Å²) in [5.41, 5.74) is 0.307. The fourth-order valence-corrected chi connectivity index (χ4v) is 4.41. The summed E-state index contributed by atoms with van der Waals surface area (Å²) >= 11 is 0. The van der Waals surface area contributed by atoms with Crippen molar-refractivity contribution in [2.75, 3.05) is 18.4 Å². The fraction of sp³-hybridized carbons (Fsp3) is 0.438. The van der Waals surface area contributed by atoms with Gasteiger partial charge in [-0.1, -0.05) is 12.0 Å². The zero-order valence-electron chi connectivity index (χ0n) is 14.1. The Labute approximate surface area is 146 Å². The van der Waals surface area contributed by atoms with Crippen LogP contribution < -0.4 is 5.32 Å². The molecule has 1 aliphatic heterocycles. The molecule has 2 aromatic rings. The van der Waals surface area contributed by atoms with E-state index in [0.717, 1.165) is 12.8 Å². The van der Waals surface area contributed by atoms with Crippen LogP contribution in [0, 0.1) is 12.8 Å². The highest BCUT2D eigenvalue weighted by Crippen LogP contribution is 2.23. The lowest BCUT2D eigenvalue weighted by molar-refractivity contribution is 0.102. The predicted octanol–water partition coefficient (Wildman–Crippen LogP) is 2.05. The van der Waals surface area contributed by atoms with Gasteiger partial charge in [-0.3, -0.25) is 10.1 Å². The van der Waals surface area contributed by atoms with Crippen molar-refractivity contribution in [3.8, 4) is 0 Å². The van der Waals surface area contributed by atoms with E-state index in [9.17, 15) is 13.2 Å². The minimum absolute atomic E-state index is 0.00139. The summed E-state index contributed by atoms with van der Waals surface area (Å²) in [4.78, 5) is 12.3. The van der Waals surface area contributed by atoms with Gasteiger partial charge in [0, 0.05) is 25.6 Å². The lowest BCUT2D eigenvalue weighted by Crippen LogP contribution is -2.39. The number of nitrogens with zero attached hydrogens (tertiary/aromatic N) is 3. The normalized spacial score (nSPS) is 18.9. The molecule has 134 valence electrons. The van der Waals surface area contributed by atoms with Crippen molar-refractivity contribution < 1.29 is 17.6 Å². The highest BCUT2D eigenvalue weighted by molar-refractivity contribution is 7.89. The van der Waals surface area contributed by atoms with Crippen LogP contribution in [0.1, 0.15) is 36.0 Å². The van der Waals surface area contributed by atoms with Crippen LogP contribution in [0.5, 0.6) is 0 Å². The van der Waals surface area contributed by atoms with Gasteiger partial charge < -0.3 is 4.42 Å². The maximum Gasteiger partial charge on any atom is 0.322 e. The van der Waals surface area contributed by atoms with E-state index in [-0.39, 0.29) is 10.9 Å². The third kappa shape index (κ3) is 3.88. The molecule has 25 heavy (non-hydrogen) atoms. The van der Waals surface area contributed by atoms with Crippen molar-refractivity contribution in [1.82, 2.24) is 14.5 Å². The summed E-state index contributed by atoms with van der Waals surface area (Å²) in [5, 5.41) is 9.77. The maximum absolute atomic E-state index is 12.7. The van der Waals surface area contributed by atoms with Gasteiger partial charge in [-0.25, -0.2) is 8.42 Å². The Morgan fingerprint density at radius 1 is 1.28 bits per heavy atom. The third-order valence-electron chi connectivity index (χ3n) is 4.12. The Hall–Kier alpha value is -2.26. The molecule has 0 spiro atoms. The van der Waals surface area contributed by atoms with Gasteiger partial charge in [-0.05, 0) is 43.0 Å². The van der Waals surface area contributed by atoms with Crippen molar-refractivity contribution in [2.45, 2.75) is 31.6 Å². The Morgan fingerprint density at radius 3 is 2.60 bits per heavy atom. The first-order chi connectivity index (χ1) is 11.9. The molecule has 2 heterocycles. The smallest absolute Gasteiger partial charge is 0.322 e. The molecule has 1 N–H and O–H groups in total. The van der Waals surface area contributed by atoms with Gasteiger partial charge in [0.05, 0.1) is 4.90 Å². The number of carbonyl (C=O) groups excluding carboxylic acids is 1. The summed E-state index contributed by atoms with van der Waals surface area (Å²) in [6.45, 7) is 4.73. The van der Waals surface area contributed by atoms with E-state index in [1.807, 2.05) is 6.92 Å². The highest BCUT2D eigenvalue weighted by Gasteiger charge is 2.28. The third-order valence-corrected chi connectivity index (χ3v) is 6.00. The quantitative estimate of drug-likeness (QED) is 0.890. The number of sulfonamides is 1. The first-order valence-corrected chi connectivity index (χ1v) is 9.52. The monoisotopic (exact) mass is 364 g/mol. The molecule has 8 nitrogen and oxygen atoms in total. The standard InChI is InChI=1S/C16H20N4O4S/c1-11-4-3-9-20(10-11)25(22,23)14-7-5-13(6-8-14)15(21)17-16-19-18-12(2)24-16/h5-8,11H,3-4,9-10H2,1-2H3,(H,17,19,21)/t11-/m1/s1. The number of nitrogens with one attached hydrogen (secondary N) is 1. The fourth-order valence-electron chi connectivity index (χ4n) is 2.81. The number of benzene rings is 1. The first kappa shape index (κ1) is 17.6. The van der Waals surface area contributed by atoms with Crippen LogP contribution in [0.15, 0.2) is 33.6 Å². The van der Waals surface area contributed by atoms with E-state index in [1.165, 1.54) is 28.6 Å². The number of amides is 1. The average molecular weight is 364 g/mol. The molecule has 1 amide bonds. The zero-order valence-corrected chi connectivity index (χ0v) is 14.9. The number of hydrogen-bond acceptors (Lipinski definition) is 6. The van der Waals surface area contributed by atoms with E-state index < -0.39 is 15.9 Å². The molecule has 0 saturated carbocycles. The van der Waals surface area contributed by atoms with Gasteiger partial charge >= 0.3 is 6.01 Å². The number of aryl methyl sites for hydroxylation is 1. The molecular formula is C16H20N4O4S. The number of hydrogen-bond donors (Lipinski definition) is 1. The van der Waals surface area contributed by atoms with Crippen LogP contribution in [0.2, 0.25) is 0 Å². The van der Waals surface area contributed by atoms with Gasteiger partial charge in [-0.15, -0.1) is 5.10 Å². The van der Waals surface area contributed by atoms with E-state index in [4.69, 9.17) is 4.42 Å². The van der Waals surface area contributed by atoms with Crippen LogP contribution in [0.4, 0.5) is 6.01 Å². The summed E-state index contributed by atoms with van der Waals surface area (Å²) in [6, 6.07) is 5.84. The van der Waals surface area contributed by atoms with Gasteiger partial charge in [0.25, 0.3) is 5.91 Å². The molecule has 3 rings (SSSR count). The van der Waals surface area contributed by atoms with Crippen molar-refractivity contribution in [3.05, 3.63) is 35.7 Å². The molecule has 1 atom stereocenters. The molecule has 1 aliphatic rings. The number of aromatic nitrogens is 2. The largest absolute Gasteiger partial charge is 0.408 e. The van der Waals surface area contributed by atoms with E-state index >= 15 is 0 Å². The van der Waals surface area contributed by atoms with Gasteiger partial charge in [0.2, 0.25) is 15.9 Å².